The van der Waals surface area contributed by atoms with Crippen LogP contribution in [0.15, 0.2) is 42.7 Å². The van der Waals surface area contributed by atoms with Gasteiger partial charge in [0.2, 0.25) is 10.0 Å². The predicted octanol–water partition coefficient (Wildman–Crippen LogP) is 3.54. The number of rotatable bonds is 7. The number of carbonyl (C=O) groups excluding carboxylic acids is 1. The fourth-order valence-corrected chi connectivity index (χ4v) is 6.32. The van der Waals surface area contributed by atoms with Crippen LogP contribution in [0.2, 0.25) is 0 Å². The van der Waals surface area contributed by atoms with E-state index in [1.807, 2.05) is 0 Å². The second kappa shape index (κ2) is 9.19. The average Bonchev–Trinajstić information content (AvgIpc) is 3.24. The molecule has 1 aromatic carbocycles. The van der Waals surface area contributed by atoms with E-state index in [9.17, 15) is 22.0 Å². The van der Waals surface area contributed by atoms with Gasteiger partial charge in [0.25, 0.3) is 5.91 Å². The molecule has 1 amide bonds. The van der Waals surface area contributed by atoms with Gasteiger partial charge in [-0.05, 0) is 50.1 Å². The molecule has 3 aliphatic rings. The zero-order valence-electron chi connectivity index (χ0n) is 20.8. The van der Waals surface area contributed by atoms with Crippen LogP contribution in [0.3, 0.4) is 0 Å². The van der Waals surface area contributed by atoms with E-state index in [-0.39, 0.29) is 24.8 Å². The van der Waals surface area contributed by atoms with E-state index in [0.29, 0.717) is 55.1 Å². The van der Waals surface area contributed by atoms with E-state index >= 15 is 0 Å². The van der Waals surface area contributed by atoms with Gasteiger partial charge in [-0.15, -0.1) is 0 Å². The number of nitrogens with zero attached hydrogens (tertiary/aromatic N) is 3. The number of aromatic nitrogens is 2. The first-order valence-electron chi connectivity index (χ1n) is 12.6. The van der Waals surface area contributed by atoms with Crippen LogP contribution in [-0.4, -0.2) is 60.5 Å². The number of halogens is 2. The second-order valence-electron chi connectivity index (χ2n) is 10.4. The summed E-state index contributed by atoms with van der Waals surface area (Å²) in [6.07, 6.45) is 3.44. The Kier molecular flexibility index (Phi) is 6.06. The molecule has 38 heavy (non-hydrogen) atoms. The molecular weight excluding hydrogens is 518 g/mol. The van der Waals surface area contributed by atoms with Gasteiger partial charge in [-0.3, -0.25) is 9.20 Å². The number of ether oxygens (including phenoxy) is 2. The van der Waals surface area contributed by atoms with Crippen LogP contribution in [0.25, 0.3) is 5.65 Å². The Hall–Kier alpha value is -3.25. The van der Waals surface area contributed by atoms with Crippen LogP contribution in [0.5, 0.6) is 5.75 Å². The Morgan fingerprint density at radius 3 is 2.82 bits per heavy atom. The summed E-state index contributed by atoms with van der Waals surface area (Å²) in [5.74, 6) is -0.760. The zero-order chi connectivity index (χ0) is 26.7. The van der Waals surface area contributed by atoms with Crippen molar-refractivity contribution in [2.45, 2.75) is 55.7 Å². The van der Waals surface area contributed by atoms with Crippen molar-refractivity contribution in [1.29, 1.82) is 0 Å². The SMILES string of the molecule is CC1(S(=O)(=O)NC(=O)c2cnc3ccc(N4C[C@@H](F)C[C@@H]4c4cc(F)ccc4OC4CCOC4)cn23)CC1. The van der Waals surface area contributed by atoms with Crippen molar-refractivity contribution in [3.63, 3.8) is 0 Å². The number of anilines is 1. The van der Waals surface area contributed by atoms with E-state index in [0.717, 1.165) is 0 Å². The zero-order valence-corrected chi connectivity index (χ0v) is 21.6. The minimum absolute atomic E-state index is 0.0400. The summed E-state index contributed by atoms with van der Waals surface area (Å²) >= 11 is 0. The van der Waals surface area contributed by atoms with Gasteiger partial charge in [0, 0.05) is 31.1 Å². The number of sulfonamides is 1. The lowest BCUT2D eigenvalue weighted by molar-refractivity contribution is 0.0975. The van der Waals surface area contributed by atoms with E-state index in [2.05, 4.69) is 9.71 Å². The third-order valence-corrected chi connectivity index (χ3v) is 9.81. The van der Waals surface area contributed by atoms with Crippen molar-refractivity contribution in [3.8, 4) is 5.75 Å². The number of amides is 1. The summed E-state index contributed by atoms with van der Waals surface area (Å²) in [7, 11) is -3.84. The summed E-state index contributed by atoms with van der Waals surface area (Å²) in [4.78, 5) is 19.0. The van der Waals surface area contributed by atoms with Gasteiger partial charge in [0.1, 0.15) is 35.2 Å². The first kappa shape index (κ1) is 25.1. The molecular formula is C26H28F2N4O5S. The van der Waals surface area contributed by atoms with Gasteiger partial charge in [0.05, 0.1) is 35.9 Å². The maximum absolute atomic E-state index is 14.9. The van der Waals surface area contributed by atoms with Crippen LogP contribution in [0.1, 0.15) is 54.7 Å². The van der Waals surface area contributed by atoms with E-state index in [1.165, 1.54) is 22.7 Å². The highest BCUT2D eigenvalue weighted by atomic mass is 32.2. The molecule has 3 fully saturated rings. The van der Waals surface area contributed by atoms with Gasteiger partial charge in [0.15, 0.2) is 0 Å². The van der Waals surface area contributed by atoms with Crippen LogP contribution in [0.4, 0.5) is 14.5 Å². The number of nitrogens with one attached hydrogen (secondary N) is 1. The van der Waals surface area contributed by atoms with Crippen molar-refractivity contribution >= 4 is 27.3 Å². The monoisotopic (exact) mass is 546 g/mol. The highest BCUT2D eigenvalue weighted by Crippen LogP contribution is 2.43. The van der Waals surface area contributed by atoms with E-state index in [4.69, 9.17) is 9.47 Å². The standard InChI is InChI=1S/C26H28F2N4O5S/c1-26(7-8-26)38(34,35)30-25(33)22-12-29-24-5-3-18(14-32(22)24)31-13-17(28)11-21(31)20-10-16(27)2-4-23(20)37-19-6-9-36-15-19/h2-5,10,12,14,17,19,21H,6-9,11,13,15H2,1H3,(H,30,33)/t17-,19?,21+/m0/s1. The highest BCUT2D eigenvalue weighted by Gasteiger charge is 2.51. The van der Waals surface area contributed by atoms with Crippen LogP contribution in [-0.2, 0) is 14.8 Å². The summed E-state index contributed by atoms with van der Waals surface area (Å²) in [5.41, 5.74) is 1.58. The molecule has 2 saturated heterocycles. The van der Waals surface area contributed by atoms with Crippen molar-refractivity contribution in [3.05, 3.63) is 59.8 Å². The summed E-state index contributed by atoms with van der Waals surface area (Å²) in [6.45, 7) is 2.68. The first-order chi connectivity index (χ1) is 18.1. The second-order valence-corrected chi connectivity index (χ2v) is 12.6. The topological polar surface area (TPSA) is 102 Å². The number of alkyl halides is 1. The molecule has 3 atom stereocenters. The Balaban J connectivity index is 1.33. The molecule has 0 bridgehead atoms. The van der Waals surface area contributed by atoms with Crippen LogP contribution >= 0.6 is 0 Å². The average molecular weight is 547 g/mol. The summed E-state index contributed by atoms with van der Waals surface area (Å²) in [5, 5.41) is 0. The molecule has 2 aliphatic heterocycles. The lowest BCUT2D eigenvalue weighted by Gasteiger charge is -2.29. The molecule has 1 aliphatic carbocycles. The van der Waals surface area contributed by atoms with Crippen LogP contribution < -0.4 is 14.4 Å². The van der Waals surface area contributed by atoms with E-state index < -0.39 is 38.7 Å². The molecule has 12 heteroatoms. The quantitative estimate of drug-likeness (QED) is 0.484. The minimum Gasteiger partial charge on any atom is -0.488 e. The van der Waals surface area contributed by atoms with Gasteiger partial charge in [-0.25, -0.2) is 26.9 Å². The third-order valence-electron chi connectivity index (χ3n) is 7.65. The maximum atomic E-state index is 14.9. The smallest absolute Gasteiger partial charge is 0.283 e. The van der Waals surface area contributed by atoms with E-state index in [1.54, 1.807) is 36.2 Å². The maximum Gasteiger partial charge on any atom is 0.283 e. The summed E-state index contributed by atoms with van der Waals surface area (Å²) < 4.78 is 68.6. The molecule has 3 aromatic rings. The lowest BCUT2D eigenvalue weighted by Crippen LogP contribution is -2.38. The Bertz CT molecular complexity index is 1500. The first-order valence-corrected chi connectivity index (χ1v) is 14.1. The Labute approximate surface area is 218 Å². The summed E-state index contributed by atoms with van der Waals surface area (Å²) in [6, 6.07) is 7.16. The molecule has 202 valence electrons. The molecule has 6 rings (SSSR count). The van der Waals surface area contributed by atoms with Crippen molar-refractivity contribution < 1.29 is 31.5 Å². The minimum atomic E-state index is -3.84. The van der Waals surface area contributed by atoms with Gasteiger partial charge >= 0.3 is 0 Å². The van der Waals surface area contributed by atoms with Gasteiger partial charge < -0.3 is 14.4 Å². The normalized spacial score (nSPS) is 24.6. The fourth-order valence-electron chi connectivity index (χ4n) is 5.09. The molecule has 0 radical (unpaired) electrons. The number of imidazole rings is 1. The lowest BCUT2D eigenvalue weighted by atomic mass is 10.0. The third kappa shape index (κ3) is 4.49. The van der Waals surface area contributed by atoms with Gasteiger partial charge in [-0.1, -0.05) is 0 Å². The number of fused-ring (bicyclic) bond motifs is 1. The highest BCUT2D eigenvalue weighted by molar-refractivity contribution is 7.91. The number of carbonyl (C=O) groups is 1. The van der Waals surface area contributed by atoms with Crippen LogP contribution in [0, 0.1) is 5.82 Å². The number of pyridine rings is 1. The van der Waals surface area contributed by atoms with Gasteiger partial charge in [-0.2, -0.15) is 0 Å². The van der Waals surface area contributed by atoms with Crippen molar-refractivity contribution in [2.75, 3.05) is 24.7 Å². The predicted molar refractivity (Wildman–Crippen MR) is 135 cm³/mol. The fraction of sp³-hybridized carbons (Fsp3) is 0.462. The number of hydrogen-bond donors (Lipinski definition) is 1. The largest absolute Gasteiger partial charge is 0.488 e. The molecule has 9 nitrogen and oxygen atoms in total. The molecule has 1 unspecified atom stereocenters. The van der Waals surface area contributed by atoms with Crippen molar-refractivity contribution in [2.24, 2.45) is 0 Å². The molecule has 4 heterocycles. The molecule has 0 spiro atoms. The molecule has 1 N–H and O–H groups in total. The number of benzene rings is 1. The number of hydrogen-bond acceptors (Lipinski definition) is 7. The Morgan fingerprint density at radius 2 is 2.08 bits per heavy atom. The van der Waals surface area contributed by atoms with Crippen molar-refractivity contribution in [1.82, 2.24) is 14.1 Å². The molecule has 2 aromatic heterocycles. The molecule has 1 saturated carbocycles. The Morgan fingerprint density at radius 1 is 1.26 bits per heavy atom.